The van der Waals surface area contributed by atoms with Crippen LogP contribution >= 0.6 is 11.6 Å². The molecule has 0 aliphatic heterocycles. The molecule has 0 bridgehead atoms. The van der Waals surface area contributed by atoms with Crippen LogP contribution in [0.1, 0.15) is 5.56 Å². The molecule has 0 aliphatic carbocycles. The average molecular weight is 174 g/mol. The monoisotopic (exact) mass is 173 g/mol. The molecule has 0 saturated heterocycles. The molecule has 0 saturated carbocycles. The van der Waals surface area contributed by atoms with E-state index in [9.17, 15) is 4.39 Å². The van der Waals surface area contributed by atoms with Crippen molar-refractivity contribution in [3.05, 3.63) is 34.6 Å². The molecule has 2 nitrogen and oxygen atoms in total. The van der Waals surface area contributed by atoms with Gasteiger partial charge in [0.2, 0.25) is 0 Å². The molecule has 0 fully saturated rings. The van der Waals surface area contributed by atoms with Crippen LogP contribution in [0.5, 0.6) is 0 Å². The quantitative estimate of drug-likeness (QED) is 0.395. The minimum Gasteiger partial charge on any atom is -0.411 e. The summed E-state index contributed by atoms with van der Waals surface area (Å²) in [4.78, 5) is 0. The van der Waals surface area contributed by atoms with Crippen molar-refractivity contribution in [1.82, 2.24) is 0 Å². The molecular formula is C7H5ClFNO. The molecule has 0 spiro atoms. The van der Waals surface area contributed by atoms with Gasteiger partial charge in [-0.05, 0) is 18.2 Å². The molecule has 11 heavy (non-hydrogen) atoms. The van der Waals surface area contributed by atoms with Crippen molar-refractivity contribution in [1.29, 1.82) is 0 Å². The van der Waals surface area contributed by atoms with Crippen LogP contribution in [-0.2, 0) is 0 Å². The molecule has 1 rings (SSSR count). The Labute approximate surface area is 67.9 Å². The SMILES string of the molecule is O/N=C\c1cc(F)cc(Cl)c1. The van der Waals surface area contributed by atoms with Crippen molar-refractivity contribution >= 4 is 17.8 Å². The predicted octanol–water partition coefficient (Wildman–Crippen LogP) is 2.29. The Morgan fingerprint density at radius 1 is 1.45 bits per heavy atom. The maximum Gasteiger partial charge on any atom is 0.125 e. The molecule has 4 heteroatoms. The van der Waals surface area contributed by atoms with Gasteiger partial charge in [-0.25, -0.2) is 4.39 Å². The zero-order chi connectivity index (χ0) is 8.27. The van der Waals surface area contributed by atoms with Gasteiger partial charge in [0, 0.05) is 10.6 Å². The summed E-state index contributed by atoms with van der Waals surface area (Å²) in [6, 6.07) is 3.88. The third-order valence-electron chi connectivity index (χ3n) is 1.09. The van der Waals surface area contributed by atoms with E-state index >= 15 is 0 Å². The van der Waals surface area contributed by atoms with E-state index in [2.05, 4.69) is 5.16 Å². The van der Waals surface area contributed by atoms with E-state index in [0.717, 1.165) is 6.21 Å². The van der Waals surface area contributed by atoms with E-state index in [1.54, 1.807) is 0 Å². The normalized spacial score (nSPS) is 10.7. The van der Waals surface area contributed by atoms with Gasteiger partial charge in [-0.15, -0.1) is 0 Å². The maximum absolute atomic E-state index is 12.5. The van der Waals surface area contributed by atoms with E-state index in [0.29, 0.717) is 5.56 Å². The van der Waals surface area contributed by atoms with E-state index < -0.39 is 5.82 Å². The highest BCUT2D eigenvalue weighted by molar-refractivity contribution is 6.30. The van der Waals surface area contributed by atoms with Gasteiger partial charge < -0.3 is 5.21 Å². The Kier molecular flexibility index (Phi) is 2.44. The van der Waals surface area contributed by atoms with Crippen LogP contribution in [0.4, 0.5) is 4.39 Å². The first-order chi connectivity index (χ1) is 5.22. The molecule has 0 unspecified atom stereocenters. The molecule has 0 heterocycles. The topological polar surface area (TPSA) is 32.6 Å². The van der Waals surface area contributed by atoms with Crippen LogP contribution in [0.15, 0.2) is 23.4 Å². The molecular weight excluding hydrogens is 169 g/mol. The van der Waals surface area contributed by atoms with Crippen molar-refractivity contribution < 1.29 is 9.60 Å². The molecule has 1 aromatic rings. The van der Waals surface area contributed by atoms with Gasteiger partial charge in [-0.2, -0.15) is 0 Å². The Morgan fingerprint density at radius 2 is 2.18 bits per heavy atom. The summed E-state index contributed by atoms with van der Waals surface area (Å²) in [6.45, 7) is 0. The first-order valence-electron chi connectivity index (χ1n) is 2.86. The Morgan fingerprint density at radius 3 is 2.73 bits per heavy atom. The van der Waals surface area contributed by atoms with Crippen molar-refractivity contribution in [2.24, 2.45) is 5.16 Å². The number of hydrogen-bond donors (Lipinski definition) is 1. The van der Waals surface area contributed by atoms with Gasteiger partial charge >= 0.3 is 0 Å². The maximum atomic E-state index is 12.5. The lowest BCUT2D eigenvalue weighted by Crippen LogP contribution is -1.83. The summed E-state index contributed by atoms with van der Waals surface area (Å²) in [5, 5.41) is 11.1. The molecule has 0 radical (unpaired) electrons. The fraction of sp³-hybridized carbons (Fsp3) is 0. The number of benzene rings is 1. The fourth-order valence-electron chi connectivity index (χ4n) is 0.716. The van der Waals surface area contributed by atoms with Crippen molar-refractivity contribution in [3.8, 4) is 0 Å². The number of oxime groups is 1. The lowest BCUT2D eigenvalue weighted by Gasteiger charge is -1.93. The van der Waals surface area contributed by atoms with Gasteiger partial charge in [0.1, 0.15) is 5.82 Å². The van der Waals surface area contributed by atoms with E-state index in [-0.39, 0.29) is 5.02 Å². The van der Waals surface area contributed by atoms with E-state index in [1.807, 2.05) is 0 Å². The largest absolute Gasteiger partial charge is 0.411 e. The molecule has 0 aliphatic rings. The average Bonchev–Trinajstić information content (AvgIpc) is 1.85. The van der Waals surface area contributed by atoms with E-state index in [1.165, 1.54) is 18.2 Å². The second-order valence-electron chi connectivity index (χ2n) is 1.95. The highest BCUT2D eigenvalue weighted by atomic mass is 35.5. The standard InChI is InChI=1S/C7H5ClFNO/c8-6-1-5(4-10-11)2-7(9)3-6/h1-4,11H/b10-4-. The molecule has 1 aromatic carbocycles. The van der Waals surface area contributed by atoms with Crippen LogP contribution in [0.25, 0.3) is 0 Å². The smallest absolute Gasteiger partial charge is 0.125 e. The zero-order valence-corrected chi connectivity index (χ0v) is 6.22. The van der Waals surface area contributed by atoms with E-state index in [4.69, 9.17) is 16.8 Å². The summed E-state index contributed by atoms with van der Waals surface area (Å²) in [5.74, 6) is -0.451. The van der Waals surface area contributed by atoms with Crippen LogP contribution in [-0.4, -0.2) is 11.4 Å². The summed E-state index contributed by atoms with van der Waals surface area (Å²) < 4.78 is 12.5. The number of nitrogens with zero attached hydrogens (tertiary/aromatic N) is 1. The number of rotatable bonds is 1. The number of halogens is 2. The molecule has 0 aromatic heterocycles. The number of hydrogen-bond acceptors (Lipinski definition) is 2. The fourth-order valence-corrected chi connectivity index (χ4v) is 0.947. The van der Waals surface area contributed by atoms with Crippen LogP contribution in [0.2, 0.25) is 5.02 Å². The lowest BCUT2D eigenvalue weighted by molar-refractivity contribution is 0.322. The summed E-state index contributed by atoms with van der Waals surface area (Å²) in [6.07, 6.45) is 1.11. The molecule has 1 N–H and O–H groups in total. The van der Waals surface area contributed by atoms with Gasteiger partial charge in [-0.1, -0.05) is 16.8 Å². The molecule has 0 atom stereocenters. The Balaban J connectivity index is 3.08. The van der Waals surface area contributed by atoms with Crippen LogP contribution in [0, 0.1) is 5.82 Å². The Bertz CT molecular complexity index is 268. The minimum absolute atomic E-state index is 0.278. The second-order valence-corrected chi connectivity index (χ2v) is 2.38. The third kappa shape index (κ3) is 2.20. The first-order valence-corrected chi connectivity index (χ1v) is 3.23. The molecule has 58 valence electrons. The third-order valence-corrected chi connectivity index (χ3v) is 1.31. The van der Waals surface area contributed by atoms with Crippen LogP contribution in [0.3, 0.4) is 0 Å². The summed E-state index contributed by atoms with van der Waals surface area (Å²) in [5.41, 5.74) is 0.428. The summed E-state index contributed by atoms with van der Waals surface area (Å²) in [7, 11) is 0. The van der Waals surface area contributed by atoms with Crippen molar-refractivity contribution in [2.75, 3.05) is 0 Å². The lowest BCUT2D eigenvalue weighted by atomic mass is 10.2. The van der Waals surface area contributed by atoms with Gasteiger partial charge in [0.25, 0.3) is 0 Å². The van der Waals surface area contributed by atoms with Gasteiger partial charge in [-0.3, -0.25) is 0 Å². The Hall–Kier alpha value is -1.09. The minimum atomic E-state index is -0.451. The highest BCUT2D eigenvalue weighted by Crippen LogP contribution is 2.12. The van der Waals surface area contributed by atoms with Gasteiger partial charge in [0.15, 0.2) is 0 Å². The summed E-state index contributed by atoms with van der Waals surface area (Å²) >= 11 is 5.50. The first kappa shape index (κ1) is 8.01. The predicted molar refractivity (Wildman–Crippen MR) is 40.8 cm³/mol. The zero-order valence-electron chi connectivity index (χ0n) is 5.46. The van der Waals surface area contributed by atoms with Gasteiger partial charge in [0.05, 0.1) is 6.21 Å². The second kappa shape index (κ2) is 3.34. The van der Waals surface area contributed by atoms with Crippen LogP contribution < -0.4 is 0 Å². The van der Waals surface area contributed by atoms with Crippen molar-refractivity contribution in [3.63, 3.8) is 0 Å². The highest BCUT2D eigenvalue weighted by Gasteiger charge is 1.95. The molecule has 0 amide bonds. The van der Waals surface area contributed by atoms with Crippen molar-refractivity contribution in [2.45, 2.75) is 0 Å².